The Balaban J connectivity index is 0.000000561. The van der Waals surface area contributed by atoms with Crippen molar-refractivity contribution >= 4 is 13.6 Å². The van der Waals surface area contributed by atoms with Gasteiger partial charge < -0.3 is 4.74 Å². The second-order valence-corrected chi connectivity index (χ2v) is 1.94. The van der Waals surface area contributed by atoms with Gasteiger partial charge in [-0.3, -0.25) is 4.98 Å². The number of hydrogen-bond acceptors (Lipinski definition) is 2. The molecule has 0 N–H and O–H groups in total. The quantitative estimate of drug-likeness (QED) is 0.627. The average molecular weight is 281 g/mol. The van der Waals surface area contributed by atoms with E-state index in [0.29, 0.717) is 5.88 Å². The Morgan fingerprint density at radius 1 is 1.67 bits per heavy atom. The van der Waals surface area contributed by atoms with Crippen molar-refractivity contribution < 1.29 is 21.1 Å². The Morgan fingerprint density at radius 3 is 2.92 bits per heavy atom. The Morgan fingerprint density at radius 2 is 2.42 bits per heavy atom. The third kappa shape index (κ3) is 5.67. The summed E-state index contributed by atoms with van der Waals surface area (Å²) in [6.07, 6.45) is 2.62. The molecule has 0 fully saturated rings. The first kappa shape index (κ1) is 12.1. The molecule has 0 aliphatic rings. The van der Waals surface area contributed by atoms with E-state index in [1.165, 1.54) is 16.3 Å². The first-order chi connectivity index (χ1) is 5.93. The molecular weight excluding hydrogens is 271 g/mol. The van der Waals surface area contributed by atoms with Gasteiger partial charge in [-0.1, -0.05) is 13.1 Å². The number of halogens is 1. The Kier molecular flexibility index (Phi) is 9.18. The van der Waals surface area contributed by atoms with Crippen LogP contribution in [-0.2, 0) is 16.3 Å². The summed E-state index contributed by atoms with van der Waals surface area (Å²) in [5, 5.41) is 0. The van der Waals surface area contributed by atoms with Crippen molar-refractivity contribution in [3.05, 3.63) is 24.4 Å². The molecule has 0 saturated heterocycles. The number of hydrogen-bond donors (Lipinski definition) is 0. The number of aromatic nitrogens is 1. The van der Waals surface area contributed by atoms with Gasteiger partial charge in [-0.05, 0) is 6.42 Å². The zero-order valence-corrected chi connectivity index (χ0v) is 11.6. The van der Waals surface area contributed by atoms with Crippen molar-refractivity contribution in [1.29, 1.82) is 0 Å². The predicted molar refractivity (Wildman–Crippen MR) is 47.8 cm³/mol. The van der Waals surface area contributed by atoms with Crippen LogP contribution in [0.1, 0.15) is 13.3 Å². The van der Waals surface area contributed by atoms with E-state index in [9.17, 15) is 0 Å². The van der Waals surface area contributed by atoms with E-state index in [0.717, 1.165) is 13.0 Å². The van der Waals surface area contributed by atoms with Crippen molar-refractivity contribution in [3.8, 4) is 5.88 Å². The van der Waals surface area contributed by atoms with E-state index < -0.39 is 0 Å². The summed E-state index contributed by atoms with van der Waals surface area (Å²) in [5.41, 5.74) is 0. The first-order valence-electron chi connectivity index (χ1n) is 3.65. The van der Waals surface area contributed by atoms with Gasteiger partial charge in [0.25, 0.3) is 0 Å². The SMILES string of the molecule is CCCOc1cc[c-]cn1.[Zn+][Br]. The minimum atomic E-state index is 0.681. The van der Waals surface area contributed by atoms with Gasteiger partial charge in [-0.25, -0.2) is 12.1 Å². The molecule has 62 valence electrons. The fourth-order valence-electron chi connectivity index (χ4n) is 0.598. The zero-order valence-electron chi connectivity index (χ0n) is 7.09. The van der Waals surface area contributed by atoms with Crippen LogP contribution in [0.15, 0.2) is 18.3 Å². The van der Waals surface area contributed by atoms with Gasteiger partial charge in [-0.2, -0.15) is 0 Å². The Labute approximate surface area is 89.8 Å². The van der Waals surface area contributed by atoms with Crippen LogP contribution in [0.3, 0.4) is 0 Å². The number of rotatable bonds is 3. The van der Waals surface area contributed by atoms with Gasteiger partial charge in [0.15, 0.2) is 0 Å². The van der Waals surface area contributed by atoms with Crippen molar-refractivity contribution in [3.63, 3.8) is 0 Å². The zero-order chi connectivity index (χ0) is 9.23. The molecule has 0 aliphatic heterocycles. The fourth-order valence-corrected chi connectivity index (χ4v) is 0.598. The van der Waals surface area contributed by atoms with E-state index in [1.807, 2.05) is 0 Å². The van der Waals surface area contributed by atoms with Crippen LogP contribution in [0, 0.1) is 6.07 Å². The summed E-state index contributed by atoms with van der Waals surface area (Å²) >= 11 is 4.25. The molecular formula is C8H10BrNOZn. The van der Waals surface area contributed by atoms with Gasteiger partial charge >= 0.3 is 30.0 Å². The standard InChI is InChI=1S/C8H10NO.BrH.Zn/c1-2-7-10-8-5-3-4-6-9-8;;/h3,5-6H,2,7H2,1H3;1H;/q-1;;+2/p-1. The first-order valence-corrected chi connectivity index (χ1v) is 10.6. The summed E-state index contributed by atoms with van der Waals surface area (Å²) in [5.74, 6) is 0.681. The van der Waals surface area contributed by atoms with Crippen molar-refractivity contribution in [2.24, 2.45) is 0 Å². The summed E-state index contributed by atoms with van der Waals surface area (Å²) < 4.78 is 5.22. The second kappa shape index (κ2) is 9.14. The van der Waals surface area contributed by atoms with Crippen LogP contribution in [0.2, 0.25) is 0 Å². The monoisotopic (exact) mass is 279 g/mol. The predicted octanol–water partition coefficient (Wildman–Crippen LogP) is 2.51. The summed E-state index contributed by atoms with van der Waals surface area (Å²) in [4.78, 5) is 3.94. The molecule has 0 amide bonds. The van der Waals surface area contributed by atoms with E-state index in [4.69, 9.17) is 4.74 Å². The number of ether oxygens (including phenoxy) is 1. The van der Waals surface area contributed by atoms with Gasteiger partial charge in [0.05, 0.1) is 6.61 Å². The van der Waals surface area contributed by atoms with Crippen LogP contribution < -0.4 is 4.74 Å². The molecule has 0 radical (unpaired) electrons. The molecule has 12 heavy (non-hydrogen) atoms. The molecule has 1 aromatic rings. The molecule has 1 aromatic heterocycles. The number of pyridine rings is 1. The van der Waals surface area contributed by atoms with Gasteiger partial charge in [0.2, 0.25) is 0 Å². The van der Waals surface area contributed by atoms with Crippen LogP contribution in [0.4, 0.5) is 0 Å². The van der Waals surface area contributed by atoms with Crippen LogP contribution in [0.5, 0.6) is 5.88 Å². The third-order valence-corrected chi connectivity index (χ3v) is 1.04. The topological polar surface area (TPSA) is 22.1 Å². The summed E-state index contributed by atoms with van der Waals surface area (Å²) in [7, 11) is 0. The molecule has 2 nitrogen and oxygen atoms in total. The summed E-state index contributed by atoms with van der Waals surface area (Å²) in [6, 6.07) is 6.41. The minimum absolute atomic E-state index is 0.681. The van der Waals surface area contributed by atoms with E-state index in [-0.39, 0.29) is 0 Å². The fraction of sp³-hybridized carbons (Fsp3) is 0.375. The Bertz CT molecular complexity index is 184. The third-order valence-electron chi connectivity index (χ3n) is 1.04. The maximum absolute atomic E-state index is 5.22. The molecule has 0 spiro atoms. The van der Waals surface area contributed by atoms with Gasteiger partial charge in [-0.15, -0.1) is 6.07 Å². The van der Waals surface area contributed by atoms with E-state index in [1.54, 1.807) is 18.3 Å². The van der Waals surface area contributed by atoms with Crippen LogP contribution >= 0.6 is 13.6 Å². The second-order valence-electron chi connectivity index (χ2n) is 1.94. The average Bonchev–Trinajstić information content (AvgIpc) is 2.19. The molecule has 0 bridgehead atoms. The van der Waals surface area contributed by atoms with Crippen molar-refractivity contribution in [2.75, 3.05) is 6.61 Å². The summed E-state index contributed by atoms with van der Waals surface area (Å²) in [6.45, 7) is 2.80. The van der Waals surface area contributed by atoms with E-state index in [2.05, 4.69) is 31.6 Å². The van der Waals surface area contributed by atoms with Crippen molar-refractivity contribution in [2.45, 2.75) is 13.3 Å². The van der Waals surface area contributed by atoms with Gasteiger partial charge in [0, 0.05) is 0 Å². The molecule has 0 saturated carbocycles. The molecule has 0 unspecified atom stereocenters. The van der Waals surface area contributed by atoms with Gasteiger partial charge in [0.1, 0.15) is 5.88 Å². The Hall–Kier alpha value is 0.0534. The molecule has 0 aliphatic carbocycles. The molecule has 0 aromatic carbocycles. The van der Waals surface area contributed by atoms with E-state index >= 15 is 0 Å². The van der Waals surface area contributed by atoms with Crippen LogP contribution in [-0.4, -0.2) is 11.6 Å². The van der Waals surface area contributed by atoms with Crippen LogP contribution in [0.25, 0.3) is 0 Å². The normalized spacial score (nSPS) is 8.33. The molecule has 0 atom stereocenters. The molecule has 4 heteroatoms. The molecule has 1 heterocycles. The molecule has 1 rings (SSSR count). The van der Waals surface area contributed by atoms with Crippen molar-refractivity contribution in [1.82, 2.24) is 4.98 Å². The maximum atomic E-state index is 5.22. The number of nitrogens with zero attached hydrogens (tertiary/aromatic N) is 1.